The van der Waals surface area contributed by atoms with E-state index in [2.05, 4.69) is 10.3 Å². The molecule has 2 N–H and O–H groups in total. The first kappa shape index (κ1) is 13.8. The second kappa shape index (κ2) is 5.99. The fourth-order valence-corrected chi connectivity index (χ4v) is 2.57. The second-order valence-corrected chi connectivity index (χ2v) is 5.18. The van der Waals surface area contributed by atoms with Crippen LogP contribution in [-0.2, 0) is 0 Å². The van der Waals surface area contributed by atoms with Crippen LogP contribution in [0.4, 0.5) is 0 Å². The van der Waals surface area contributed by atoms with Gasteiger partial charge in [0.15, 0.2) is 10.8 Å². The zero-order chi connectivity index (χ0) is 13.8. The van der Waals surface area contributed by atoms with Gasteiger partial charge in [-0.1, -0.05) is 0 Å². The van der Waals surface area contributed by atoms with Crippen LogP contribution in [0.3, 0.4) is 0 Å². The van der Waals surface area contributed by atoms with Crippen LogP contribution < -0.4 is 5.32 Å². The molecule has 0 aliphatic heterocycles. The van der Waals surface area contributed by atoms with Crippen LogP contribution in [-0.4, -0.2) is 29.1 Å². The Balaban J connectivity index is 2.14. The smallest absolute Gasteiger partial charge is 0.263 e. The van der Waals surface area contributed by atoms with Crippen molar-refractivity contribution in [2.75, 3.05) is 13.2 Å². The molecule has 0 bridgehead atoms. The average molecular weight is 280 g/mol. The van der Waals surface area contributed by atoms with Crippen molar-refractivity contribution in [1.82, 2.24) is 10.3 Å². The summed E-state index contributed by atoms with van der Waals surface area (Å²) in [6.07, 6.45) is 0.549. The normalized spacial score (nSPS) is 10.7. The molecular weight excluding hydrogens is 264 g/mol. The number of carbonyl (C=O) groups excluding carboxylic acids is 1. The summed E-state index contributed by atoms with van der Waals surface area (Å²) in [5.74, 6) is 1.34. The van der Waals surface area contributed by atoms with Gasteiger partial charge in [0, 0.05) is 13.2 Å². The van der Waals surface area contributed by atoms with Crippen molar-refractivity contribution >= 4 is 17.2 Å². The highest BCUT2D eigenvalue weighted by Crippen LogP contribution is 2.29. The monoisotopic (exact) mass is 280 g/mol. The number of carbonyl (C=O) groups is 1. The predicted octanol–water partition coefficient (Wildman–Crippen LogP) is 2.13. The van der Waals surface area contributed by atoms with E-state index in [0.717, 1.165) is 5.76 Å². The maximum atomic E-state index is 11.9. The van der Waals surface area contributed by atoms with E-state index in [9.17, 15) is 4.79 Å². The number of furan rings is 1. The molecule has 2 heterocycles. The van der Waals surface area contributed by atoms with E-state index in [1.165, 1.54) is 11.3 Å². The standard InChI is InChI=1S/C13H16N2O3S/c1-8-4-5-10(18-8)13-15-9(2)11(19-13)12(17)14-6-3-7-16/h4-5,16H,3,6-7H2,1-2H3,(H,14,17). The van der Waals surface area contributed by atoms with Crippen molar-refractivity contribution in [3.8, 4) is 10.8 Å². The third-order valence-electron chi connectivity index (χ3n) is 2.57. The molecule has 0 saturated carbocycles. The van der Waals surface area contributed by atoms with Gasteiger partial charge in [0.2, 0.25) is 0 Å². The van der Waals surface area contributed by atoms with Crippen LogP contribution in [0.25, 0.3) is 10.8 Å². The second-order valence-electron chi connectivity index (χ2n) is 4.18. The Morgan fingerprint density at radius 2 is 2.26 bits per heavy atom. The number of nitrogens with zero attached hydrogens (tertiary/aromatic N) is 1. The molecule has 0 spiro atoms. The third kappa shape index (κ3) is 3.21. The SMILES string of the molecule is Cc1ccc(-c2nc(C)c(C(=O)NCCCO)s2)o1. The van der Waals surface area contributed by atoms with Crippen LogP contribution >= 0.6 is 11.3 Å². The number of aryl methyl sites for hydroxylation is 2. The zero-order valence-electron chi connectivity index (χ0n) is 10.9. The van der Waals surface area contributed by atoms with Crippen molar-refractivity contribution in [3.63, 3.8) is 0 Å². The number of aliphatic hydroxyl groups excluding tert-OH is 1. The van der Waals surface area contributed by atoms with Crippen LogP contribution in [0.15, 0.2) is 16.5 Å². The molecule has 0 atom stereocenters. The topological polar surface area (TPSA) is 75.4 Å². The molecule has 0 aliphatic carbocycles. The Bertz CT molecular complexity index is 574. The van der Waals surface area contributed by atoms with E-state index in [-0.39, 0.29) is 12.5 Å². The Kier molecular flexibility index (Phi) is 4.34. The van der Waals surface area contributed by atoms with Crippen molar-refractivity contribution in [1.29, 1.82) is 0 Å². The number of hydrogen-bond donors (Lipinski definition) is 2. The van der Waals surface area contributed by atoms with Gasteiger partial charge in [0.05, 0.1) is 5.69 Å². The summed E-state index contributed by atoms with van der Waals surface area (Å²) in [5.41, 5.74) is 0.690. The molecular formula is C13H16N2O3S. The lowest BCUT2D eigenvalue weighted by molar-refractivity contribution is 0.0954. The Labute approximate surface area is 115 Å². The van der Waals surface area contributed by atoms with Crippen LogP contribution in [0.1, 0.15) is 27.5 Å². The highest BCUT2D eigenvalue weighted by Gasteiger charge is 2.17. The number of nitrogens with one attached hydrogen (secondary N) is 1. The molecule has 0 unspecified atom stereocenters. The summed E-state index contributed by atoms with van der Waals surface area (Å²) in [6, 6.07) is 3.72. The third-order valence-corrected chi connectivity index (χ3v) is 3.75. The van der Waals surface area contributed by atoms with E-state index in [0.29, 0.717) is 34.3 Å². The van der Waals surface area contributed by atoms with Gasteiger partial charge >= 0.3 is 0 Å². The minimum atomic E-state index is -0.155. The first-order valence-corrected chi connectivity index (χ1v) is 6.86. The number of aliphatic hydroxyl groups is 1. The summed E-state index contributed by atoms with van der Waals surface area (Å²) < 4.78 is 5.50. The van der Waals surface area contributed by atoms with E-state index < -0.39 is 0 Å². The van der Waals surface area contributed by atoms with Crippen LogP contribution in [0, 0.1) is 13.8 Å². The van der Waals surface area contributed by atoms with Crippen molar-refractivity contribution in [2.24, 2.45) is 0 Å². The maximum Gasteiger partial charge on any atom is 0.263 e. The van der Waals surface area contributed by atoms with Gasteiger partial charge in [-0.2, -0.15) is 0 Å². The highest BCUT2D eigenvalue weighted by molar-refractivity contribution is 7.17. The first-order chi connectivity index (χ1) is 9.11. The quantitative estimate of drug-likeness (QED) is 0.823. The summed E-state index contributed by atoms with van der Waals surface area (Å²) in [6.45, 7) is 4.20. The van der Waals surface area contributed by atoms with Crippen molar-refractivity contribution in [3.05, 3.63) is 28.5 Å². The molecule has 0 radical (unpaired) electrons. The van der Waals surface area contributed by atoms with Gasteiger partial charge in [-0.3, -0.25) is 4.79 Å². The molecule has 0 fully saturated rings. The van der Waals surface area contributed by atoms with Crippen LogP contribution in [0.2, 0.25) is 0 Å². The largest absolute Gasteiger partial charge is 0.459 e. The lowest BCUT2D eigenvalue weighted by atomic mass is 10.3. The summed E-state index contributed by atoms with van der Waals surface area (Å²) in [5, 5.41) is 12.1. The molecule has 5 nitrogen and oxygen atoms in total. The van der Waals surface area contributed by atoms with Gasteiger partial charge in [-0.15, -0.1) is 11.3 Å². The van der Waals surface area contributed by atoms with Crippen molar-refractivity contribution in [2.45, 2.75) is 20.3 Å². The lowest BCUT2D eigenvalue weighted by Gasteiger charge is -2.01. The number of rotatable bonds is 5. The highest BCUT2D eigenvalue weighted by atomic mass is 32.1. The Morgan fingerprint density at radius 1 is 1.47 bits per heavy atom. The van der Waals surface area contributed by atoms with Crippen LogP contribution in [0.5, 0.6) is 0 Å². The molecule has 2 aromatic heterocycles. The molecule has 0 aromatic carbocycles. The first-order valence-electron chi connectivity index (χ1n) is 6.05. The molecule has 6 heteroatoms. The zero-order valence-corrected chi connectivity index (χ0v) is 11.7. The van der Waals surface area contributed by atoms with Gasteiger partial charge in [-0.25, -0.2) is 4.98 Å². The van der Waals surface area contributed by atoms with E-state index >= 15 is 0 Å². The number of aromatic nitrogens is 1. The minimum Gasteiger partial charge on any atom is -0.459 e. The Morgan fingerprint density at radius 3 is 2.89 bits per heavy atom. The summed E-state index contributed by atoms with van der Waals surface area (Å²) >= 11 is 1.31. The lowest BCUT2D eigenvalue weighted by Crippen LogP contribution is -2.24. The fraction of sp³-hybridized carbons (Fsp3) is 0.385. The number of amides is 1. The predicted molar refractivity (Wildman–Crippen MR) is 73.3 cm³/mol. The molecule has 102 valence electrons. The molecule has 2 aromatic rings. The van der Waals surface area contributed by atoms with Gasteiger partial charge < -0.3 is 14.8 Å². The summed E-state index contributed by atoms with van der Waals surface area (Å²) in [7, 11) is 0. The van der Waals surface area contributed by atoms with E-state index in [1.54, 1.807) is 6.92 Å². The van der Waals surface area contributed by atoms with Gasteiger partial charge in [0.25, 0.3) is 5.91 Å². The Hall–Kier alpha value is -1.66. The van der Waals surface area contributed by atoms with Gasteiger partial charge in [0.1, 0.15) is 10.6 Å². The van der Waals surface area contributed by atoms with Gasteiger partial charge in [-0.05, 0) is 32.4 Å². The molecule has 2 rings (SSSR count). The molecule has 19 heavy (non-hydrogen) atoms. The summed E-state index contributed by atoms with van der Waals surface area (Å²) in [4.78, 5) is 16.9. The van der Waals surface area contributed by atoms with E-state index in [4.69, 9.17) is 9.52 Å². The maximum absolute atomic E-state index is 11.9. The number of thiazole rings is 1. The molecule has 0 aliphatic rings. The fourth-order valence-electron chi connectivity index (χ4n) is 1.62. The minimum absolute atomic E-state index is 0.0683. The van der Waals surface area contributed by atoms with E-state index in [1.807, 2.05) is 19.1 Å². The molecule has 0 saturated heterocycles. The molecule has 1 amide bonds. The van der Waals surface area contributed by atoms with Crippen molar-refractivity contribution < 1.29 is 14.3 Å². The average Bonchev–Trinajstić information content (AvgIpc) is 2.95. The number of hydrogen-bond acceptors (Lipinski definition) is 5.